The van der Waals surface area contributed by atoms with Gasteiger partial charge in [0.25, 0.3) is 0 Å². The van der Waals surface area contributed by atoms with Gasteiger partial charge in [-0.25, -0.2) is 19.9 Å². The minimum absolute atomic E-state index is 0.723. The third kappa shape index (κ3) is 3.52. The van der Waals surface area contributed by atoms with Crippen LogP contribution in [0, 0.1) is 0 Å². The van der Waals surface area contributed by atoms with E-state index in [1.165, 1.54) is 0 Å². The Morgan fingerprint density at radius 3 is 2.11 bits per heavy atom. The average molecular weight is 590 g/mol. The summed E-state index contributed by atoms with van der Waals surface area (Å²) in [5, 5.41) is 6.68. The minimum atomic E-state index is 0.723. The first-order valence-corrected chi connectivity index (χ1v) is 15.2. The lowest BCUT2D eigenvalue weighted by molar-refractivity contribution is 0.673. The standard InChI is InChI=1S/C40H23N5O/c1-2-11-25(12-3-1)37-38(44-31-16-8-7-15-30(31)43-37)29-22-41-23-42-40(29)45-32-20-18-24-10-4-5-13-26(24)35(32)36-33(45)21-19-28-27-14-6-9-17-34(27)46-39(28)36/h1-23H. The Hall–Kier alpha value is -6.40. The molecule has 6 nitrogen and oxygen atoms in total. The predicted octanol–water partition coefficient (Wildman–Crippen LogP) is 9.90. The van der Waals surface area contributed by atoms with E-state index < -0.39 is 0 Å². The van der Waals surface area contributed by atoms with E-state index in [-0.39, 0.29) is 0 Å². The Morgan fingerprint density at radius 1 is 0.543 bits per heavy atom. The molecule has 0 amide bonds. The zero-order chi connectivity index (χ0) is 30.2. The van der Waals surface area contributed by atoms with Crippen LogP contribution in [-0.4, -0.2) is 24.5 Å². The molecule has 4 heterocycles. The second-order valence-corrected chi connectivity index (χ2v) is 11.5. The molecule has 0 aliphatic rings. The molecule has 0 radical (unpaired) electrons. The van der Waals surface area contributed by atoms with E-state index in [9.17, 15) is 0 Å². The fourth-order valence-electron chi connectivity index (χ4n) is 6.93. The molecule has 0 saturated carbocycles. The van der Waals surface area contributed by atoms with Crippen molar-refractivity contribution in [2.24, 2.45) is 0 Å². The van der Waals surface area contributed by atoms with Crippen molar-refractivity contribution in [2.75, 3.05) is 0 Å². The first kappa shape index (κ1) is 25.0. The highest BCUT2D eigenvalue weighted by Crippen LogP contribution is 2.44. The summed E-state index contributed by atoms with van der Waals surface area (Å²) in [5.74, 6) is 0.725. The molecule has 214 valence electrons. The SMILES string of the molecule is c1ccc(-c2nc3ccccc3nc2-c2cncnc2-n2c3ccc4ccccc4c3c3c4oc5ccccc5c4ccc32)cc1. The van der Waals surface area contributed by atoms with E-state index in [4.69, 9.17) is 19.4 Å². The normalized spacial score (nSPS) is 11.9. The molecule has 0 saturated heterocycles. The lowest BCUT2D eigenvalue weighted by Gasteiger charge is -2.15. The van der Waals surface area contributed by atoms with Crippen LogP contribution in [0.4, 0.5) is 0 Å². The summed E-state index contributed by atoms with van der Waals surface area (Å²) < 4.78 is 8.87. The number of benzene rings is 6. The molecule has 0 unspecified atom stereocenters. The van der Waals surface area contributed by atoms with Crippen molar-refractivity contribution in [3.63, 3.8) is 0 Å². The third-order valence-corrected chi connectivity index (χ3v) is 8.94. The van der Waals surface area contributed by atoms with Gasteiger partial charge in [0.05, 0.1) is 38.7 Å². The molecule has 0 aliphatic carbocycles. The first-order chi connectivity index (χ1) is 22.8. The van der Waals surface area contributed by atoms with Gasteiger partial charge in [-0.1, -0.05) is 91.0 Å². The van der Waals surface area contributed by atoms with E-state index in [0.717, 1.165) is 93.9 Å². The van der Waals surface area contributed by atoms with E-state index in [1.807, 2.05) is 60.8 Å². The minimum Gasteiger partial charge on any atom is -0.455 e. The highest BCUT2D eigenvalue weighted by atomic mass is 16.3. The fraction of sp³-hybridized carbons (Fsp3) is 0. The zero-order valence-corrected chi connectivity index (χ0v) is 24.4. The number of furan rings is 1. The molecule has 4 aromatic heterocycles. The second kappa shape index (κ2) is 9.55. The van der Waals surface area contributed by atoms with Gasteiger partial charge in [-0.2, -0.15) is 0 Å². The Balaban J connectivity index is 1.37. The summed E-state index contributed by atoms with van der Waals surface area (Å²) in [7, 11) is 0. The summed E-state index contributed by atoms with van der Waals surface area (Å²) in [6.45, 7) is 0. The molecule has 0 bridgehead atoms. The van der Waals surface area contributed by atoms with Crippen molar-refractivity contribution in [3.05, 3.63) is 140 Å². The third-order valence-electron chi connectivity index (χ3n) is 8.94. The average Bonchev–Trinajstić information content (AvgIpc) is 3.67. The van der Waals surface area contributed by atoms with E-state index in [0.29, 0.717) is 0 Å². The van der Waals surface area contributed by atoms with Crippen molar-refractivity contribution in [1.82, 2.24) is 24.5 Å². The molecular weight excluding hydrogens is 566 g/mol. The monoisotopic (exact) mass is 589 g/mol. The molecule has 6 aromatic carbocycles. The lowest BCUT2D eigenvalue weighted by Crippen LogP contribution is -2.04. The number of aromatic nitrogens is 5. The van der Waals surface area contributed by atoms with Crippen molar-refractivity contribution in [1.29, 1.82) is 0 Å². The van der Waals surface area contributed by atoms with Gasteiger partial charge < -0.3 is 4.42 Å². The Bertz CT molecular complexity index is 2820. The summed E-state index contributed by atoms with van der Waals surface area (Å²) in [6, 6.07) is 43.6. The molecule has 10 rings (SSSR count). The number of nitrogens with zero attached hydrogens (tertiary/aromatic N) is 5. The van der Waals surface area contributed by atoms with Gasteiger partial charge in [0.2, 0.25) is 0 Å². The van der Waals surface area contributed by atoms with Gasteiger partial charge in [0.1, 0.15) is 23.2 Å². The lowest BCUT2D eigenvalue weighted by atomic mass is 10.0. The summed E-state index contributed by atoms with van der Waals surface area (Å²) in [6.07, 6.45) is 3.46. The topological polar surface area (TPSA) is 69.6 Å². The van der Waals surface area contributed by atoms with E-state index in [1.54, 1.807) is 6.33 Å². The number of hydrogen-bond acceptors (Lipinski definition) is 5. The largest absolute Gasteiger partial charge is 0.455 e. The molecule has 0 aliphatic heterocycles. The van der Waals surface area contributed by atoms with Crippen molar-refractivity contribution >= 4 is 65.6 Å². The van der Waals surface area contributed by atoms with Crippen molar-refractivity contribution in [2.45, 2.75) is 0 Å². The van der Waals surface area contributed by atoms with E-state index in [2.05, 4.69) is 82.3 Å². The van der Waals surface area contributed by atoms with Gasteiger partial charge in [-0.15, -0.1) is 0 Å². The highest BCUT2D eigenvalue weighted by Gasteiger charge is 2.24. The first-order valence-electron chi connectivity index (χ1n) is 15.2. The molecule has 6 heteroatoms. The Labute approximate surface area is 262 Å². The van der Waals surface area contributed by atoms with Crippen LogP contribution >= 0.6 is 0 Å². The van der Waals surface area contributed by atoms with Gasteiger partial charge >= 0.3 is 0 Å². The quantitative estimate of drug-likeness (QED) is 0.205. The number of rotatable bonds is 3. The molecule has 46 heavy (non-hydrogen) atoms. The van der Waals surface area contributed by atoms with Crippen LogP contribution in [-0.2, 0) is 0 Å². The molecule has 0 spiro atoms. The zero-order valence-electron chi connectivity index (χ0n) is 24.4. The maximum Gasteiger partial charge on any atom is 0.150 e. The number of para-hydroxylation sites is 3. The number of hydrogen-bond donors (Lipinski definition) is 0. The Kier molecular flexibility index (Phi) is 5.19. The van der Waals surface area contributed by atoms with Crippen LogP contribution in [0.3, 0.4) is 0 Å². The molecule has 0 atom stereocenters. The fourth-order valence-corrected chi connectivity index (χ4v) is 6.93. The van der Waals surface area contributed by atoms with Gasteiger partial charge in [0, 0.05) is 27.9 Å². The molecular formula is C40H23N5O. The smallest absolute Gasteiger partial charge is 0.150 e. The van der Waals surface area contributed by atoms with Crippen LogP contribution in [0.5, 0.6) is 0 Å². The van der Waals surface area contributed by atoms with Crippen LogP contribution in [0.15, 0.2) is 144 Å². The summed E-state index contributed by atoms with van der Waals surface area (Å²) >= 11 is 0. The second-order valence-electron chi connectivity index (χ2n) is 11.5. The molecule has 0 fully saturated rings. The molecule has 10 aromatic rings. The Morgan fingerprint density at radius 2 is 1.24 bits per heavy atom. The van der Waals surface area contributed by atoms with Gasteiger partial charge in [-0.05, 0) is 47.2 Å². The van der Waals surface area contributed by atoms with E-state index >= 15 is 0 Å². The summed E-state index contributed by atoms with van der Waals surface area (Å²) in [4.78, 5) is 19.8. The van der Waals surface area contributed by atoms with Crippen LogP contribution < -0.4 is 0 Å². The van der Waals surface area contributed by atoms with Gasteiger partial charge in [0.15, 0.2) is 5.82 Å². The predicted molar refractivity (Wildman–Crippen MR) is 185 cm³/mol. The molecule has 0 N–H and O–H groups in total. The highest BCUT2D eigenvalue weighted by molar-refractivity contribution is 6.29. The van der Waals surface area contributed by atoms with Crippen LogP contribution in [0.25, 0.3) is 93.9 Å². The summed E-state index contributed by atoms with van der Waals surface area (Å²) in [5.41, 5.74) is 8.66. The van der Waals surface area contributed by atoms with Crippen molar-refractivity contribution < 1.29 is 4.42 Å². The van der Waals surface area contributed by atoms with Crippen LogP contribution in [0.1, 0.15) is 0 Å². The van der Waals surface area contributed by atoms with Crippen molar-refractivity contribution in [3.8, 4) is 28.3 Å². The van der Waals surface area contributed by atoms with Crippen LogP contribution in [0.2, 0.25) is 0 Å². The maximum absolute atomic E-state index is 6.64. The maximum atomic E-state index is 6.64. The number of fused-ring (bicyclic) bond motifs is 10. The van der Waals surface area contributed by atoms with Gasteiger partial charge in [-0.3, -0.25) is 4.57 Å².